The average molecular weight is 1130 g/mol. The molecular formula is C10H36N2O36P12. The molecule has 50 heteroatoms. The fourth-order valence-corrected chi connectivity index (χ4v) is 30.3. The van der Waals surface area contributed by atoms with Crippen molar-refractivity contribution in [2.45, 2.75) is 44.7 Å². The summed E-state index contributed by atoms with van der Waals surface area (Å²) in [5, 5.41) is 0. The van der Waals surface area contributed by atoms with Gasteiger partial charge in [0, 0.05) is 13.1 Å². The first-order valence-corrected chi connectivity index (χ1v) is 33.0. The van der Waals surface area contributed by atoms with E-state index in [-0.39, 0.29) is 0 Å². The molecular weight excluding hydrogens is 1100 g/mol. The van der Waals surface area contributed by atoms with Crippen LogP contribution in [0.3, 0.4) is 0 Å². The van der Waals surface area contributed by atoms with Crippen LogP contribution >= 0.6 is 91.1 Å². The molecule has 0 aliphatic carbocycles. The Kier molecular flexibility index (Phi) is 18.5. The van der Waals surface area contributed by atoms with Gasteiger partial charge in [-0.05, 0) is 12.8 Å². The molecule has 0 aromatic carbocycles. The predicted octanol–water partition coefficient (Wildman–Crippen LogP) is -4.27. The van der Waals surface area contributed by atoms with E-state index in [0.717, 1.165) is 0 Å². The molecule has 60 heavy (non-hydrogen) atoms. The minimum atomic E-state index is -7.80. The lowest BCUT2D eigenvalue weighted by Crippen LogP contribution is -2.60. The maximum atomic E-state index is 12.6. The molecule has 0 saturated carbocycles. The molecule has 0 amide bonds. The van der Waals surface area contributed by atoms with Crippen LogP contribution in [0.25, 0.3) is 0 Å². The Labute approximate surface area is 330 Å². The largest absolute Gasteiger partial charge is 0.370 e. The lowest BCUT2D eigenvalue weighted by atomic mass is 10.2. The molecule has 0 fully saturated rings. The SMILES string of the molecule is O=P(O)(O)C(N(CCCCCCN(C(P(=O)(O)O)(P(=O)(O)O)P(=O)(O)O)C(P(=O)(O)O)(P(=O)(O)O)P(=O)(O)O)C(P(=O)(O)O)(P(=O)(O)O)P(=O)(O)O)(P(=O)(O)O)P(=O)(O)O. The second-order valence-electron chi connectivity index (χ2n) is 11.6. The molecule has 0 bridgehead atoms. The van der Waals surface area contributed by atoms with Crippen LogP contribution in [-0.4, -0.2) is 159 Å². The molecule has 0 aromatic heterocycles. The summed E-state index contributed by atoms with van der Waals surface area (Å²) in [4.78, 5) is 234. The van der Waals surface area contributed by atoms with E-state index >= 15 is 0 Å². The molecule has 0 unspecified atom stereocenters. The number of unbranched alkanes of at least 4 members (excludes halogenated alkanes) is 3. The molecule has 24 N–H and O–H groups in total. The summed E-state index contributed by atoms with van der Waals surface area (Å²) < 4.78 is 127. The van der Waals surface area contributed by atoms with Crippen LogP contribution < -0.4 is 0 Å². The van der Waals surface area contributed by atoms with E-state index in [1.54, 1.807) is 0 Å². The Hall–Kier alpha value is 1.72. The van der Waals surface area contributed by atoms with E-state index in [0.29, 0.717) is 0 Å². The molecule has 362 valence electrons. The molecule has 0 spiro atoms. The molecule has 38 nitrogen and oxygen atoms in total. The Bertz CT molecular complexity index is 1690. The van der Waals surface area contributed by atoms with E-state index in [1.165, 1.54) is 0 Å². The van der Waals surface area contributed by atoms with Crippen LogP contribution in [0.1, 0.15) is 25.7 Å². The maximum Gasteiger partial charge on any atom is 0.370 e. The van der Waals surface area contributed by atoms with E-state index < -0.39 is 159 Å². The summed E-state index contributed by atoms with van der Waals surface area (Å²) in [6, 6.07) is 0. The van der Waals surface area contributed by atoms with Gasteiger partial charge in [0.1, 0.15) is 0 Å². The number of hydrogen-bond acceptors (Lipinski definition) is 14. The Balaban J connectivity index is 8.41. The van der Waals surface area contributed by atoms with Crippen LogP contribution in [0, 0.1) is 0 Å². The van der Waals surface area contributed by atoms with Crippen molar-refractivity contribution < 1.29 is 172 Å². The summed E-state index contributed by atoms with van der Waals surface area (Å²) in [5.74, 6) is 0. The monoisotopic (exact) mass is 1130 g/mol. The van der Waals surface area contributed by atoms with Gasteiger partial charge < -0.3 is 117 Å². The maximum absolute atomic E-state index is 12.6. The lowest BCUT2D eigenvalue weighted by molar-refractivity contribution is 0.122. The number of nitrogens with zero attached hydrogens (tertiary/aromatic N) is 2. The van der Waals surface area contributed by atoms with Crippen molar-refractivity contribution in [3.63, 3.8) is 0 Å². The Morgan fingerprint density at radius 2 is 0.317 bits per heavy atom. The molecule has 0 aliphatic heterocycles. The van der Waals surface area contributed by atoms with Crippen LogP contribution in [0.5, 0.6) is 0 Å². The smallest absolute Gasteiger partial charge is 0.322 e. The quantitative estimate of drug-likeness (QED) is 0.0340. The topological polar surface area (TPSA) is 697 Å². The predicted molar refractivity (Wildman–Crippen MR) is 187 cm³/mol. The summed E-state index contributed by atoms with van der Waals surface area (Å²) in [5.41, 5.74) is 0. The van der Waals surface area contributed by atoms with E-state index in [9.17, 15) is 172 Å². The fourth-order valence-electron chi connectivity index (χ4n) is 5.82. The summed E-state index contributed by atoms with van der Waals surface area (Å²) >= 11 is 0. The molecule has 0 saturated heterocycles. The number of hydrogen-bond donors (Lipinski definition) is 24. The third kappa shape index (κ3) is 10.1. The van der Waals surface area contributed by atoms with Crippen molar-refractivity contribution in [1.82, 2.24) is 9.80 Å². The molecule has 0 aromatic rings. The first-order valence-electron chi connectivity index (χ1n) is 13.7. The highest BCUT2D eigenvalue weighted by Gasteiger charge is 2.88. The van der Waals surface area contributed by atoms with Crippen LogP contribution in [0.4, 0.5) is 0 Å². The Morgan fingerprint density at radius 3 is 0.400 bits per heavy atom. The highest BCUT2D eigenvalue weighted by atomic mass is 31.3. The van der Waals surface area contributed by atoms with Crippen molar-refractivity contribution in [1.29, 1.82) is 0 Å². The lowest BCUT2D eigenvalue weighted by Gasteiger charge is -2.51. The van der Waals surface area contributed by atoms with Gasteiger partial charge in [0.25, 0.3) is 0 Å². The van der Waals surface area contributed by atoms with Crippen molar-refractivity contribution in [2.24, 2.45) is 0 Å². The standard InChI is InChI=1S/C10H36N2O36P12/c13-49(14,15)7(50(16,17)18,51(19,20)21)11(8(52(22,23)24,53(25,26)27)54(28,29)30)5-3-1-2-4-6-12(9(55(31,32)33,56(34,35)36)57(37,38)39)10(58(40,41)42,59(43,44)45)60(46,47)48/h1-6H2,(H2,13,14,15)(H2,16,17,18)(H2,19,20,21)(H2,22,23,24)(H2,25,26,27)(H2,28,29,30)(H2,31,32,33)(H2,34,35,36)(H2,37,38,39)(H2,40,41,42)(H2,43,44,45)(H2,46,47,48). The van der Waals surface area contributed by atoms with E-state index in [4.69, 9.17) is 0 Å². The third-order valence-corrected chi connectivity index (χ3v) is 38.7. The van der Waals surface area contributed by atoms with Gasteiger partial charge in [-0.3, -0.25) is 54.8 Å². The third-order valence-electron chi connectivity index (χ3n) is 7.65. The van der Waals surface area contributed by atoms with Gasteiger partial charge in [-0.25, -0.2) is 9.80 Å². The number of rotatable bonds is 23. The Morgan fingerprint density at radius 1 is 0.217 bits per heavy atom. The minimum Gasteiger partial charge on any atom is -0.322 e. The van der Waals surface area contributed by atoms with Gasteiger partial charge in [-0.2, -0.15) is 0 Å². The van der Waals surface area contributed by atoms with E-state index in [2.05, 4.69) is 0 Å². The van der Waals surface area contributed by atoms with E-state index in [1.807, 2.05) is 0 Å². The first-order chi connectivity index (χ1) is 25.5. The second kappa shape index (κ2) is 18.0. The van der Waals surface area contributed by atoms with Gasteiger partial charge >= 0.3 is 110 Å². The zero-order valence-electron chi connectivity index (χ0n) is 28.1. The van der Waals surface area contributed by atoms with Crippen LogP contribution in [0.15, 0.2) is 0 Å². The molecule has 0 atom stereocenters. The minimum absolute atomic E-state index is 1.45. The van der Waals surface area contributed by atoms with Gasteiger partial charge in [-0.15, -0.1) is 0 Å². The zero-order chi connectivity index (χ0) is 49.4. The van der Waals surface area contributed by atoms with Gasteiger partial charge in [0.05, 0.1) is 0 Å². The van der Waals surface area contributed by atoms with Crippen LogP contribution in [-0.2, 0) is 54.8 Å². The highest BCUT2D eigenvalue weighted by Crippen LogP contribution is 2.94. The molecule has 0 radical (unpaired) electrons. The van der Waals surface area contributed by atoms with Gasteiger partial charge in [0.15, 0.2) is 0 Å². The average Bonchev–Trinajstić information content (AvgIpc) is 2.80. The summed E-state index contributed by atoms with van der Waals surface area (Å²) in [7, 11) is -93.6. The highest BCUT2D eigenvalue weighted by molar-refractivity contribution is 7.92. The second-order valence-corrected chi connectivity index (χ2v) is 36.7. The van der Waals surface area contributed by atoms with Crippen LogP contribution in [0.2, 0.25) is 0 Å². The van der Waals surface area contributed by atoms with Gasteiger partial charge in [0.2, 0.25) is 0 Å². The first kappa shape index (κ1) is 61.7. The zero-order valence-corrected chi connectivity index (χ0v) is 38.9. The van der Waals surface area contributed by atoms with Crippen molar-refractivity contribution in [2.75, 3.05) is 13.1 Å². The summed E-state index contributed by atoms with van der Waals surface area (Å²) in [6.45, 7) is -5.22. The van der Waals surface area contributed by atoms with Gasteiger partial charge in [-0.1, -0.05) is 12.8 Å². The molecule has 0 heterocycles. The molecule has 0 rings (SSSR count). The fraction of sp³-hybridized carbons (Fsp3) is 1.00. The normalized spacial score (nSPS) is 16.5. The molecule has 0 aliphatic rings. The van der Waals surface area contributed by atoms with Crippen molar-refractivity contribution >= 4 is 91.1 Å². The summed E-state index contributed by atoms with van der Waals surface area (Å²) in [6.07, 6.45) is -6.48. The van der Waals surface area contributed by atoms with Crippen molar-refractivity contribution in [3.05, 3.63) is 0 Å². The van der Waals surface area contributed by atoms with Crippen molar-refractivity contribution in [3.8, 4) is 0 Å².